The largest absolute Gasteiger partial charge is 0.507 e. The zero-order chi connectivity index (χ0) is 22.7. The van der Waals surface area contributed by atoms with Gasteiger partial charge < -0.3 is 20.5 Å². The number of fused-ring (bicyclic) bond motifs is 1. The number of rotatable bonds is 7. The summed E-state index contributed by atoms with van der Waals surface area (Å²) in [6.45, 7) is 2.62. The molecule has 32 heavy (non-hydrogen) atoms. The molecule has 0 saturated carbocycles. The van der Waals surface area contributed by atoms with Crippen LogP contribution in [0.5, 0.6) is 5.75 Å². The van der Waals surface area contributed by atoms with Crippen LogP contribution >= 0.6 is 11.3 Å². The van der Waals surface area contributed by atoms with E-state index in [1.807, 2.05) is 6.07 Å². The van der Waals surface area contributed by atoms with Gasteiger partial charge in [-0.05, 0) is 55.9 Å². The van der Waals surface area contributed by atoms with Gasteiger partial charge in [-0.25, -0.2) is 0 Å². The fourth-order valence-electron chi connectivity index (χ4n) is 3.86. The Labute approximate surface area is 190 Å². The number of phenolic OH excluding ortho intramolecular Hbond substituents is 1. The maximum absolute atomic E-state index is 13.0. The molecule has 0 unspecified atom stereocenters. The van der Waals surface area contributed by atoms with E-state index in [0.29, 0.717) is 35.0 Å². The molecule has 8 nitrogen and oxygen atoms in total. The summed E-state index contributed by atoms with van der Waals surface area (Å²) < 4.78 is 5.02. The van der Waals surface area contributed by atoms with Gasteiger partial charge in [0, 0.05) is 24.1 Å². The monoisotopic (exact) mass is 454 g/mol. The molecule has 0 radical (unpaired) electrons. The summed E-state index contributed by atoms with van der Waals surface area (Å²) in [5.74, 6) is -0.459. The normalized spacial score (nSPS) is 12.9. The van der Waals surface area contributed by atoms with Gasteiger partial charge in [-0.1, -0.05) is 12.1 Å². The molecular weight excluding hydrogens is 428 g/mol. The van der Waals surface area contributed by atoms with Gasteiger partial charge in [-0.3, -0.25) is 14.7 Å². The predicted octanol–water partition coefficient (Wildman–Crippen LogP) is 3.66. The second-order valence-electron chi connectivity index (χ2n) is 7.76. The lowest BCUT2D eigenvalue weighted by Gasteiger charge is -2.13. The number of nitrogens with zero attached hydrogens (tertiary/aromatic N) is 1. The number of anilines is 1. The highest BCUT2D eigenvalue weighted by Crippen LogP contribution is 2.38. The number of methoxy groups -OCH3 is 1. The second kappa shape index (κ2) is 9.54. The molecule has 1 aliphatic rings. The van der Waals surface area contributed by atoms with Crippen LogP contribution in [-0.2, 0) is 17.6 Å². The Morgan fingerprint density at radius 3 is 2.88 bits per heavy atom. The van der Waals surface area contributed by atoms with E-state index < -0.39 is 0 Å². The van der Waals surface area contributed by atoms with Crippen molar-refractivity contribution >= 4 is 28.2 Å². The Morgan fingerprint density at radius 2 is 2.06 bits per heavy atom. The van der Waals surface area contributed by atoms with E-state index in [-0.39, 0.29) is 23.3 Å². The topological polar surface area (TPSA) is 116 Å². The third kappa shape index (κ3) is 4.39. The predicted molar refractivity (Wildman–Crippen MR) is 124 cm³/mol. The number of phenols is 1. The Bertz CT molecular complexity index is 1150. The number of H-pyrrole nitrogens is 1. The number of amides is 2. The number of ether oxygens (including phenoxy) is 1. The zero-order valence-corrected chi connectivity index (χ0v) is 18.9. The number of nitrogens with one attached hydrogen (secondary N) is 3. The molecule has 1 aliphatic carbocycles. The number of carbonyl (C=O) groups is 2. The van der Waals surface area contributed by atoms with Crippen molar-refractivity contribution in [1.82, 2.24) is 15.5 Å². The average molecular weight is 455 g/mol. The molecule has 0 fully saturated rings. The number of hydrogen-bond donors (Lipinski definition) is 4. The summed E-state index contributed by atoms with van der Waals surface area (Å²) in [5, 5.41) is 23.6. The van der Waals surface area contributed by atoms with Gasteiger partial charge in [0.1, 0.15) is 16.4 Å². The second-order valence-corrected chi connectivity index (χ2v) is 8.86. The number of hydrogen-bond acceptors (Lipinski definition) is 6. The number of carbonyl (C=O) groups excluding carboxylic acids is 2. The van der Waals surface area contributed by atoms with Gasteiger partial charge in [0.2, 0.25) is 0 Å². The number of benzene rings is 1. The summed E-state index contributed by atoms with van der Waals surface area (Å²) >= 11 is 1.46. The molecule has 0 aliphatic heterocycles. The smallest absolute Gasteiger partial charge is 0.274 e. The van der Waals surface area contributed by atoms with Gasteiger partial charge in [0.05, 0.1) is 17.9 Å². The first-order valence-corrected chi connectivity index (χ1v) is 11.4. The molecule has 168 valence electrons. The lowest BCUT2D eigenvalue weighted by atomic mass is 9.95. The molecular formula is C23H26N4O4S. The molecule has 2 heterocycles. The lowest BCUT2D eigenvalue weighted by molar-refractivity contribution is 0.0937. The van der Waals surface area contributed by atoms with Crippen LogP contribution in [0.15, 0.2) is 24.3 Å². The number of aryl methyl sites for hydroxylation is 2. The first kappa shape index (κ1) is 22.0. The molecule has 4 N–H and O–H groups in total. The summed E-state index contributed by atoms with van der Waals surface area (Å²) in [4.78, 5) is 27.0. The molecule has 9 heteroatoms. The van der Waals surface area contributed by atoms with Gasteiger partial charge in [-0.15, -0.1) is 11.3 Å². The van der Waals surface area contributed by atoms with Crippen molar-refractivity contribution < 1.29 is 19.4 Å². The fourth-order valence-corrected chi connectivity index (χ4v) is 5.14. The standard InChI is InChI=1S/C23H26N4O4S/c1-13-6-5-8-14(20(13)28)16-12-17(27-26-16)21(29)25-23-19(22(30)24-10-11-31-2)15-7-3-4-9-18(15)32-23/h5-6,8,12,28H,3-4,7,9-11H2,1-2H3,(H,24,30)(H,25,29)(H,26,27). The number of aromatic hydroxyl groups is 1. The van der Waals surface area contributed by atoms with Gasteiger partial charge in [-0.2, -0.15) is 5.10 Å². The third-order valence-corrected chi connectivity index (χ3v) is 6.76. The highest BCUT2D eigenvalue weighted by Gasteiger charge is 2.27. The number of para-hydroxylation sites is 1. The summed E-state index contributed by atoms with van der Waals surface area (Å²) in [6.07, 6.45) is 3.85. The van der Waals surface area contributed by atoms with Crippen molar-refractivity contribution in [2.24, 2.45) is 0 Å². The van der Waals surface area contributed by atoms with E-state index in [4.69, 9.17) is 4.74 Å². The Kier molecular flexibility index (Phi) is 6.57. The zero-order valence-electron chi connectivity index (χ0n) is 18.1. The van der Waals surface area contributed by atoms with Crippen LogP contribution in [0.1, 0.15) is 49.7 Å². The minimum absolute atomic E-state index is 0.131. The van der Waals surface area contributed by atoms with Crippen LogP contribution < -0.4 is 10.6 Å². The van der Waals surface area contributed by atoms with E-state index in [1.54, 1.807) is 32.2 Å². The number of aromatic nitrogens is 2. The Hall–Kier alpha value is -3.17. The van der Waals surface area contributed by atoms with Gasteiger partial charge >= 0.3 is 0 Å². The van der Waals surface area contributed by atoms with E-state index >= 15 is 0 Å². The SMILES string of the molecule is COCCNC(=O)c1c(NC(=O)c2cc(-c3cccc(C)c3O)n[nH]2)sc2c1CCCC2. The summed E-state index contributed by atoms with van der Waals surface area (Å²) in [7, 11) is 1.58. The number of thiophene rings is 1. The van der Waals surface area contributed by atoms with Gasteiger partial charge in [0.15, 0.2) is 0 Å². The van der Waals surface area contributed by atoms with Gasteiger partial charge in [0.25, 0.3) is 11.8 Å². The van der Waals surface area contributed by atoms with Crippen molar-refractivity contribution in [2.75, 3.05) is 25.6 Å². The molecule has 2 aromatic heterocycles. The van der Waals surface area contributed by atoms with Crippen molar-refractivity contribution in [1.29, 1.82) is 0 Å². The van der Waals surface area contributed by atoms with Crippen LogP contribution in [0.3, 0.4) is 0 Å². The maximum Gasteiger partial charge on any atom is 0.274 e. The van der Waals surface area contributed by atoms with Crippen molar-refractivity contribution in [2.45, 2.75) is 32.6 Å². The number of aromatic amines is 1. The molecule has 2 amide bonds. The highest BCUT2D eigenvalue weighted by atomic mass is 32.1. The third-order valence-electron chi connectivity index (χ3n) is 5.55. The minimum atomic E-state index is -0.388. The Balaban J connectivity index is 1.58. The molecule has 0 spiro atoms. The van der Waals surface area contributed by atoms with E-state index in [1.165, 1.54) is 11.3 Å². The first-order valence-electron chi connectivity index (χ1n) is 10.6. The van der Waals surface area contributed by atoms with Crippen LogP contribution in [0.25, 0.3) is 11.3 Å². The van der Waals surface area contributed by atoms with Crippen molar-refractivity contribution in [3.05, 3.63) is 51.5 Å². The van der Waals surface area contributed by atoms with E-state index in [9.17, 15) is 14.7 Å². The molecule has 0 bridgehead atoms. The molecule has 3 aromatic rings. The van der Waals surface area contributed by atoms with E-state index in [2.05, 4.69) is 20.8 Å². The molecule has 1 aromatic carbocycles. The van der Waals surface area contributed by atoms with Crippen LogP contribution in [0.2, 0.25) is 0 Å². The molecule has 0 atom stereocenters. The van der Waals surface area contributed by atoms with Crippen LogP contribution in [0.4, 0.5) is 5.00 Å². The summed E-state index contributed by atoms with van der Waals surface area (Å²) in [6, 6.07) is 6.96. The highest BCUT2D eigenvalue weighted by molar-refractivity contribution is 7.17. The molecule has 0 saturated heterocycles. The van der Waals surface area contributed by atoms with Crippen molar-refractivity contribution in [3.63, 3.8) is 0 Å². The first-order chi connectivity index (χ1) is 15.5. The molecule has 4 rings (SSSR count). The van der Waals surface area contributed by atoms with Crippen LogP contribution in [-0.4, -0.2) is 47.4 Å². The average Bonchev–Trinajstić information content (AvgIpc) is 3.40. The minimum Gasteiger partial charge on any atom is -0.507 e. The fraction of sp³-hybridized carbons (Fsp3) is 0.348. The summed E-state index contributed by atoms with van der Waals surface area (Å²) in [5.41, 5.74) is 3.57. The lowest BCUT2D eigenvalue weighted by Crippen LogP contribution is -2.28. The Morgan fingerprint density at radius 1 is 1.25 bits per heavy atom. The quantitative estimate of drug-likeness (QED) is 0.407. The maximum atomic E-state index is 13.0. The van der Waals surface area contributed by atoms with Crippen molar-refractivity contribution in [3.8, 4) is 17.0 Å². The van der Waals surface area contributed by atoms with Crippen LogP contribution in [0, 0.1) is 6.92 Å². The van der Waals surface area contributed by atoms with E-state index in [0.717, 1.165) is 41.7 Å².